The Morgan fingerprint density at radius 2 is 2.16 bits per heavy atom. The zero-order chi connectivity index (χ0) is 14.0. The van der Waals surface area contributed by atoms with Crippen molar-refractivity contribution in [2.75, 3.05) is 11.9 Å². The van der Waals surface area contributed by atoms with Crippen molar-refractivity contribution in [3.8, 4) is 0 Å². The quantitative estimate of drug-likeness (QED) is 0.932. The van der Waals surface area contributed by atoms with Crippen LogP contribution in [-0.2, 0) is 6.54 Å². The van der Waals surface area contributed by atoms with Crippen molar-refractivity contribution in [1.29, 1.82) is 0 Å². The van der Waals surface area contributed by atoms with Gasteiger partial charge in [0.25, 0.3) is 0 Å². The van der Waals surface area contributed by atoms with Gasteiger partial charge in [-0.3, -0.25) is 0 Å². The van der Waals surface area contributed by atoms with Crippen molar-refractivity contribution in [3.05, 3.63) is 51.9 Å². The molecule has 19 heavy (non-hydrogen) atoms. The van der Waals surface area contributed by atoms with Gasteiger partial charge < -0.3 is 14.4 Å². The normalized spacial score (nSPS) is 10.5. The number of furan rings is 1. The van der Waals surface area contributed by atoms with Crippen molar-refractivity contribution in [1.82, 2.24) is 0 Å². The molecule has 0 bridgehead atoms. The number of anilines is 1. The Balaban J connectivity index is 2.22. The molecule has 1 heterocycles. The Morgan fingerprint density at radius 3 is 2.68 bits per heavy atom. The second-order valence-electron chi connectivity index (χ2n) is 4.33. The van der Waals surface area contributed by atoms with E-state index in [9.17, 15) is 4.79 Å². The van der Waals surface area contributed by atoms with Crippen LogP contribution in [0.25, 0.3) is 0 Å². The van der Waals surface area contributed by atoms with Crippen LogP contribution in [0.1, 0.15) is 21.7 Å². The Labute approximate surface area is 119 Å². The van der Waals surface area contributed by atoms with Crippen LogP contribution >= 0.6 is 15.9 Å². The third kappa shape index (κ3) is 2.98. The third-order valence-electron chi connectivity index (χ3n) is 2.98. The largest absolute Gasteiger partial charge is 0.478 e. The molecule has 2 rings (SSSR count). The van der Waals surface area contributed by atoms with Crippen LogP contribution in [0.2, 0.25) is 0 Å². The first-order valence-corrected chi connectivity index (χ1v) is 6.55. The summed E-state index contributed by atoms with van der Waals surface area (Å²) in [6, 6.07) is 6.94. The lowest BCUT2D eigenvalue weighted by molar-refractivity contribution is 0.0697. The minimum atomic E-state index is -0.930. The predicted octanol–water partition coefficient (Wildman–Crippen LogP) is 3.69. The first kappa shape index (κ1) is 13.7. The summed E-state index contributed by atoms with van der Waals surface area (Å²) in [5.41, 5.74) is 2.31. The van der Waals surface area contributed by atoms with Crippen molar-refractivity contribution in [2.45, 2.75) is 13.5 Å². The molecule has 0 radical (unpaired) electrons. The average molecular weight is 324 g/mol. The van der Waals surface area contributed by atoms with Gasteiger partial charge in [0.2, 0.25) is 0 Å². The summed E-state index contributed by atoms with van der Waals surface area (Å²) < 4.78 is 6.03. The Bertz CT molecular complexity index is 606. The highest BCUT2D eigenvalue weighted by atomic mass is 79.9. The monoisotopic (exact) mass is 323 g/mol. The van der Waals surface area contributed by atoms with E-state index in [1.807, 2.05) is 24.9 Å². The number of hydrogen-bond donors (Lipinski definition) is 1. The van der Waals surface area contributed by atoms with E-state index in [4.69, 9.17) is 9.52 Å². The topological polar surface area (TPSA) is 53.7 Å². The Hall–Kier alpha value is -1.75. The fourth-order valence-corrected chi connectivity index (χ4v) is 2.55. The molecule has 0 aliphatic carbocycles. The smallest absolute Gasteiger partial charge is 0.335 e. The van der Waals surface area contributed by atoms with Crippen LogP contribution in [-0.4, -0.2) is 18.1 Å². The van der Waals surface area contributed by atoms with Gasteiger partial charge in [0.05, 0.1) is 17.5 Å². The zero-order valence-corrected chi connectivity index (χ0v) is 12.3. The van der Waals surface area contributed by atoms with E-state index in [-0.39, 0.29) is 5.56 Å². The van der Waals surface area contributed by atoms with Gasteiger partial charge in [0.1, 0.15) is 5.76 Å². The molecule has 0 saturated heterocycles. The lowest BCUT2D eigenvalue weighted by Gasteiger charge is -2.20. The lowest BCUT2D eigenvalue weighted by Crippen LogP contribution is -2.17. The molecule has 0 aliphatic heterocycles. The maximum Gasteiger partial charge on any atom is 0.335 e. The molecule has 100 valence electrons. The summed E-state index contributed by atoms with van der Waals surface area (Å²) in [7, 11) is 1.95. The minimum Gasteiger partial charge on any atom is -0.478 e. The summed E-state index contributed by atoms with van der Waals surface area (Å²) in [5.74, 6) is -0.0364. The number of nitrogens with zero attached hydrogens (tertiary/aromatic N) is 1. The average Bonchev–Trinajstić information content (AvgIpc) is 2.74. The van der Waals surface area contributed by atoms with Crippen molar-refractivity contribution < 1.29 is 14.3 Å². The number of carbonyl (C=O) groups is 1. The molecule has 5 heteroatoms. The molecule has 0 spiro atoms. The van der Waals surface area contributed by atoms with Crippen LogP contribution in [0, 0.1) is 6.92 Å². The van der Waals surface area contributed by atoms with Gasteiger partial charge in [-0.25, -0.2) is 4.79 Å². The van der Waals surface area contributed by atoms with Gasteiger partial charge in [0, 0.05) is 23.6 Å². The summed E-state index contributed by atoms with van der Waals surface area (Å²) >= 11 is 3.41. The molecule has 1 N–H and O–H groups in total. The van der Waals surface area contributed by atoms with E-state index in [0.717, 1.165) is 21.5 Å². The van der Waals surface area contributed by atoms with Crippen LogP contribution in [0.4, 0.5) is 5.69 Å². The third-order valence-corrected chi connectivity index (χ3v) is 3.61. The molecule has 1 aromatic carbocycles. The van der Waals surface area contributed by atoms with Crippen molar-refractivity contribution in [3.63, 3.8) is 0 Å². The highest BCUT2D eigenvalue weighted by Gasteiger charge is 2.11. The van der Waals surface area contributed by atoms with Crippen molar-refractivity contribution >= 4 is 27.6 Å². The number of carboxylic acids is 1. The van der Waals surface area contributed by atoms with Crippen LogP contribution in [0.5, 0.6) is 0 Å². The molecule has 0 unspecified atom stereocenters. The molecule has 0 saturated carbocycles. The molecule has 0 amide bonds. The van der Waals surface area contributed by atoms with E-state index in [1.165, 1.54) is 0 Å². The maximum absolute atomic E-state index is 10.9. The maximum atomic E-state index is 10.9. The van der Waals surface area contributed by atoms with Gasteiger partial charge in [-0.05, 0) is 47.1 Å². The molecule has 0 aliphatic rings. The Kier molecular flexibility index (Phi) is 3.95. The second kappa shape index (κ2) is 5.48. The molecule has 1 aromatic heterocycles. The lowest BCUT2D eigenvalue weighted by atomic mass is 10.2. The number of rotatable bonds is 4. The number of halogens is 1. The van der Waals surface area contributed by atoms with E-state index in [1.54, 1.807) is 24.5 Å². The van der Waals surface area contributed by atoms with Gasteiger partial charge >= 0.3 is 5.97 Å². The van der Waals surface area contributed by atoms with E-state index < -0.39 is 5.97 Å². The molecule has 4 nitrogen and oxygen atoms in total. The first-order chi connectivity index (χ1) is 8.99. The first-order valence-electron chi connectivity index (χ1n) is 5.76. The molecule has 0 fully saturated rings. The molecule has 0 atom stereocenters. The van der Waals surface area contributed by atoms with Crippen LogP contribution in [0.15, 0.2) is 39.4 Å². The van der Waals surface area contributed by atoms with Gasteiger partial charge in [-0.15, -0.1) is 0 Å². The van der Waals surface area contributed by atoms with Gasteiger partial charge in [-0.1, -0.05) is 0 Å². The van der Waals surface area contributed by atoms with Crippen LogP contribution < -0.4 is 4.90 Å². The number of benzene rings is 1. The van der Waals surface area contributed by atoms with Gasteiger partial charge in [-0.2, -0.15) is 0 Å². The molecular formula is C14H14BrNO3. The SMILES string of the molecule is Cc1occc1CN(C)c1ccc(C(=O)O)cc1Br. The van der Waals surface area contributed by atoms with Crippen LogP contribution in [0.3, 0.4) is 0 Å². The fraction of sp³-hybridized carbons (Fsp3) is 0.214. The highest BCUT2D eigenvalue weighted by Crippen LogP contribution is 2.28. The summed E-state index contributed by atoms with van der Waals surface area (Å²) in [6.07, 6.45) is 1.67. The van der Waals surface area contributed by atoms with Gasteiger partial charge in [0.15, 0.2) is 0 Å². The van der Waals surface area contributed by atoms with E-state index in [0.29, 0.717) is 6.54 Å². The van der Waals surface area contributed by atoms with Crippen molar-refractivity contribution in [2.24, 2.45) is 0 Å². The fourth-order valence-electron chi connectivity index (χ4n) is 1.87. The standard InChI is InChI=1S/C14H14BrNO3/c1-9-11(5-6-19-9)8-16(2)13-4-3-10(14(17)18)7-12(13)15/h3-7H,8H2,1-2H3,(H,17,18). The number of hydrogen-bond acceptors (Lipinski definition) is 3. The molecule has 2 aromatic rings. The zero-order valence-electron chi connectivity index (χ0n) is 10.7. The summed E-state index contributed by atoms with van der Waals surface area (Å²) in [4.78, 5) is 12.9. The second-order valence-corrected chi connectivity index (χ2v) is 5.18. The number of carboxylic acid groups (broad SMARTS) is 1. The molecular weight excluding hydrogens is 310 g/mol. The number of aryl methyl sites for hydroxylation is 1. The Morgan fingerprint density at radius 1 is 1.42 bits per heavy atom. The van der Waals surface area contributed by atoms with E-state index in [2.05, 4.69) is 15.9 Å². The summed E-state index contributed by atoms with van der Waals surface area (Å²) in [5, 5.41) is 8.94. The highest BCUT2D eigenvalue weighted by molar-refractivity contribution is 9.10. The minimum absolute atomic E-state index is 0.267. The predicted molar refractivity (Wildman–Crippen MR) is 76.7 cm³/mol. The summed E-state index contributed by atoms with van der Waals surface area (Å²) in [6.45, 7) is 2.62. The number of aromatic carboxylic acids is 1. The van der Waals surface area contributed by atoms with E-state index >= 15 is 0 Å².